The highest BCUT2D eigenvalue weighted by molar-refractivity contribution is 5.66. The molecule has 0 saturated carbocycles. The Hall–Kier alpha value is -2.30. The van der Waals surface area contributed by atoms with Gasteiger partial charge in [0, 0.05) is 18.7 Å². The van der Waals surface area contributed by atoms with Crippen molar-refractivity contribution in [3.8, 4) is 11.4 Å². The van der Waals surface area contributed by atoms with Gasteiger partial charge in [0.25, 0.3) is 0 Å². The van der Waals surface area contributed by atoms with Crippen molar-refractivity contribution in [1.29, 1.82) is 0 Å². The number of rotatable bonds is 5. The number of imidazole rings is 1. The molecule has 0 aliphatic heterocycles. The lowest BCUT2D eigenvalue weighted by atomic mass is 10.2. The predicted octanol–water partition coefficient (Wildman–Crippen LogP) is 2.21. The summed E-state index contributed by atoms with van der Waals surface area (Å²) >= 11 is 0. The molecule has 2 rings (SSSR count). The molecular formula is C14H16N2O3. The van der Waals surface area contributed by atoms with Crippen molar-refractivity contribution in [2.24, 2.45) is 0 Å². The molecule has 0 amide bonds. The van der Waals surface area contributed by atoms with Gasteiger partial charge < -0.3 is 14.4 Å². The second-order valence-corrected chi connectivity index (χ2v) is 4.24. The third-order valence-corrected chi connectivity index (χ3v) is 2.86. The summed E-state index contributed by atoms with van der Waals surface area (Å²) in [6.45, 7) is 1.89. The molecule has 1 aromatic heterocycles. The number of benzene rings is 1. The van der Waals surface area contributed by atoms with Gasteiger partial charge in [-0.1, -0.05) is 6.07 Å². The van der Waals surface area contributed by atoms with Crippen LogP contribution >= 0.6 is 0 Å². The van der Waals surface area contributed by atoms with E-state index in [0.29, 0.717) is 6.42 Å². The Labute approximate surface area is 111 Å². The van der Waals surface area contributed by atoms with Crippen LogP contribution in [0.1, 0.15) is 17.9 Å². The molecule has 5 nitrogen and oxygen atoms in total. The number of carbonyl (C=O) groups is 1. The van der Waals surface area contributed by atoms with Crippen molar-refractivity contribution >= 4 is 5.97 Å². The van der Waals surface area contributed by atoms with Crippen LogP contribution in [-0.4, -0.2) is 27.7 Å². The minimum atomic E-state index is -0.811. The van der Waals surface area contributed by atoms with Crippen molar-refractivity contribution in [3.05, 3.63) is 42.0 Å². The van der Waals surface area contributed by atoms with Crippen LogP contribution < -0.4 is 4.74 Å². The number of nitrogens with zero attached hydrogens (tertiary/aromatic N) is 2. The molecule has 1 heterocycles. The normalized spacial score (nSPS) is 10.4. The van der Waals surface area contributed by atoms with E-state index >= 15 is 0 Å². The molecule has 0 unspecified atom stereocenters. The largest absolute Gasteiger partial charge is 0.497 e. The third-order valence-electron chi connectivity index (χ3n) is 2.86. The maximum absolute atomic E-state index is 10.6. The van der Waals surface area contributed by atoms with Crippen LogP contribution in [0.5, 0.6) is 5.75 Å². The van der Waals surface area contributed by atoms with E-state index < -0.39 is 5.97 Å². The van der Waals surface area contributed by atoms with Gasteiger partial charge in [0.1, 0.15) is 11.6 Å². The number of aryl methyl sites for hydroxylation is 2. The summed E-state index contributed by atoms with van der Waals surface area (Å²) in [6, 6.07) is 7.65. The zero-order valence-corrected chi connectivity index (χ0v) is 11.0. The topological polar surface area (TPSA) is 64.3 Å². The number of hydrogen-bond donors (Lipinski definition) is 1. The summed E-state index contributed by atoms with van der Waals surface area (Å²) in [5.74, 6) is 0.792. The molecule has 0 aliphatic rings. The predicted molar refractivity (Wildman–Crippen MR) is 70.8 cm³/mol. The molecule has 0 bridgehead atoms. The summed E-state index contributed by atoms with van der Waals surface area (Å²) in [6.07, 6.45) is 2.40. The van der Waals surface area contributed by atoms with Crippen LogP contribution in [0.2, 0.25) is 0 Å². The SMILES string of the molecule is COc1cccc(-n2cc(CCC(=O)O)nc2C)c1. The number of carboxylic acid groups (broad SMARTS) is 1. The lowest BCUT2D eigenvalue weighted by Crippen LogP contribution is -1.97. The molecule has 0 atom stereocenters. The highest BCUT2D eigenvalue weighted by Crippen LogP contribution is 2.18. The minimum Gasteiger partial charge on any atom is -0.497 e. The van der Waals surface area contributed by atoms with Crippen LogP contribution in [-0.2, 0) is 11.2 Å². The van der Waals surface area contributed by atoms with Gasteiger partial charge in [-0.15, -0.1) is 0 Å². The average Bonchev–Trinajstić information content (AvgIpc) is 2.78. The number of methoxy groups -OCH3 is 1. The van der Waals surface area contributed by atoms with Gasteiger partial charge in [0.15, 0.2) is 0 Å². The van der Waals surface area contributed by atoms with E-state index in [9.17, 15) is 4.79 Å². The summed E-state index contributed by atoms with van der Waals surface area (Å²) in [5, 5.41) is 8.69. The van der Waals surface area contributed by atoms with Crippen molar-refractivity contribution in [3.63, 3.8) is 0 Å². The molecule has 5 heteroatoms. The number of ether oxygens (including phenoxy) is 1. The first kappa shape index (κ1) is 13.1. The fourth-order valence-corrected chi connectivity index (χ4v) is 1.91. The number of hydrogen-bond acceptors (Lipinski definition) is 3. The zero-order chi connectivity index (χ0) is 13.8. The third kappa shape index (κ3) is 3.13. The second-order valence-electron chi connectivity index (χ2n) is 4.24. The smallest absolute Gasteiger partial charge is 0.303 e. The number of aliphatic carboxylic acids is 1. The van der Waals surface area contributed by atoms with Crippen molar-refractivity contribution in [1.82, 2.24) is 9.55 Å². The lowest BCUT2D eigenvalue weighted by Gasteiger charge is -2.06. The van der Waals surface area contributed by atoms with Gasteiger partial charge in [-0.25, -0.2) is 4.98 Å². The fourth-order valence-electron chi connectivity index (χ4n) is 1.91. The van der Waals surface area contributed by atoms with Crippen molar-refractivity contribution < 1.29 is 14.6 Å². The quantitative estimate of drug-likeness (QED) is 0.895. The Morgan fingerprint density at radius 1 is 1.47 bits per heavy atom. The first-order chi connectivity index (χ1) is 9.10. The summed E-state index contributed by atoms with van der Waals surface area (Å²) in [5.41, 5.74) is 1.73. The summed E-state index contributed by atoms with van der Waals surface area (Å²) in [4.78, 5) is 14.9. The zero-order valence-electron chi connectivity index (χ0n) is 11.0. The Morgan fingerprint density at radius 3 is 2.95 bits per heavy atom. The van der Waals surface area contributed by atoms with E-state index in [2.05, 4.69) is 4.98 Å². The van der Waals surface area contributed by atoms with Gasteiger partial charge >= 0.3 is 5.97 Å². The average molecular weight is 260 g/mol. The highest BCUT2D eigenvalue weighted by atomic mass is 16.5. The van der Waals surface area contributed by atoms with E-state index in [1.54, 1.807) is 7.11 Å². The number of carboxylic acids is 1. The first-order valence-electron chi connectivity index (χ1n) is 6.01. The Morgan fingerprint density at radius 2 is 2.26 bits per heavy atom. The first-order valence-corrected chi connectivity index (χ1v) is 6.01. The molecule has 0 radical (unpaired) electrons. The van der Waals surface area contributed by atoms with E-state index in [1.807, 2.05) is 42.0 Å². The maximum Gasteiger partial charge on any atom is 0.303 e. The Bertz CT molecular complexity index is 590. The molecule has 100 valence electrons. The maximum atomic E-state index is 10.6. The molecule has 0 fully saturated rings. The second kappa shape index (κ2) is 5.56. The van der Waals surface area contributed by atoms with Crippen LogP contribution in [0.15, 0.2) is 30.5 Å². The van der Waals surface area contributed by atoms with Gasteiger partial charge in [-0.3, -0.25) is 4.79 Å². The van der Waals surface area contributed by atoms with Crippen LogP contribution in [0.25, 0.3) is 5.69 Å². The molecule has 1 N–H and O–H groups in total. The molecule has 2 aromatic rings. The molecule has 19 heavy (non-hydrogen) atoms. The molecule has 0 saturated heterocycles. The van der Waals surface area contributed by atoms with Crippen LogP contribution in [0.4, 0.5) is 0 Å². The van der Waals surface area contributed by atoms with Crippen LogP contribution in [0, 0.1) is 6.92 Å². The summed E-state index contributed by atoms with van der Waals surface area (Å²) in [7, 11) is 1.62. The lowest BCUT2D eigenvalue weighted by molar-refractivity contribution is -0.136. The van der Waals surface area contributed by atoms with Gasteiger partial charge in [-0.05, 0) is 19.1 Å². The van der Waals surface area contributed by atoms with Crippen molar-refractivity contribution in [2.45, 2.75) is 19.8 Å². The standard InChI is InChI=1S/C14H16N2O3/c1-10-15-11(6-7-14(17)18)9-16(10)12-4-3-5-13(8-12)19-2/h3-5,8-9H,6-7H2,1-2H3,(H,17,18). The fraction of sp³-hybridized carbons (Fsp3) is 0.286. The molecule has 0 aliphatic carbocycles. The van der Waals surface area contributed by atoms with Gasteiger partial charge in [-0.2, -0.15) is 0 Å². The highest BCUT2D eigenvalue weighted by Gasteiger charge is 2.08. The molecular weight excluding hydrogens is 244 g/mol. The van der Waals surface area contributed by atoms with E-state index in [1.165, 1.54) is 0 Å². The van der Waals surface area contributed by atoms with Crippen molar-refractivity contribution in [2.75, 3.05) is 7.11 Å². The van der Waals surface area contributed by atoms with Gasteiger partial charge in [0.2, 0.25) is 0 Å². The number of aromatic nitrogens is 2. The Balaban J connectivity index is 2.26. The Kier molecular flexibility index (Phi) is 3.85. The molecule has 1 aromatic carbocycles. The van der Waals surface area contributed by atoms with E-state index in [0.717, 1.165) is 23.0 Å². The van der Waals surface area contributed by atoms with E-state index in [-0.39, 0.29) is 6.42 Å². The van der Waals surface area contributed by atoms with Gasteiger partial charge in [0.05, 0.1) is 24.9 Å². The molecule has 0 spiro atoms. The minimum absolute atomic E-state index is 0.0918. The van der Waals surface area contributed by atoms with E-state index in [4.69, 9.17) is 9.84 Å². The van der Waals surface area contributed by atoms with Crippen LogP contribution in [0.3, 0.4) is 0 Å². The monoisotopic (exact) mass is 260 g/mol. The summed E-state index contributed by atoms with van der Waals surface area (Å²) < 4.78 is 7.12.